The van der Waals surface area contributed by atoms with Crippen LogP contribution in [0.4, 0.5) is 5.69 Å². The number of rotatable bonds is 7. The van der Waals surface area contributed by atoms with Crippen molar-refractivity contribution in [1.29, 1.82) is 0 Å². The lowest BCUT2D eigenvalue weighted by atomic mass is 9.92. The van der Waals surface area contributed by atoms with Gasteiger partial charge < -0.3 is 15.2 Å². The highest BCUT2D eigenvalue weighted by Crippen LogP contribution is 2.35. The lowest BCUT2D eigenvalue weighted by Crippen LogP contribution is -2.64. The highest BCUT2D eigenvalue weighted by molar-refractivity contribution is 6.12. The minimum atomic E-state index is -1.29. The average Bonchev–Trinajstić information content (AvgIpc) is 3.11. The monoisotopic (exact) mass is 414 g/mol. The average molecular weight is 414 g/mol. The van der Waals surface area contributed by atoms with Crippen molar-refractivity contribution in [2.75, 3.05) is 25.2 Å². The van der Waals surface area contributed by atoms with E-state index < -0.39 is 17.4 Å². The SMILES string of the molecule is COCCCNC(=O)C1(C)Cn2nc(C(=O)O)cc2C(=O)N1c1ccc(C)cc1C. The summed E-state index contributed by atoms with van der Waals surface area (Å²) in [6.07, 6.45) is 0.631. The molecule has 2 amide bonds. The first-order valence-corrected chi connectivity index (χ1v) is 9.69. The van der Waals surface area contributed by atoms with Gasteiger partial charge in [0.15, 0.2) is 5.69 Å². The number of hydrogen-bond donors (Lipinski definition) is 2. The molecule has 3 rings (SSSR count). The van der Waals surface area contributed by atoms with E-state index in [2.05, 4.69) is 10.4 Å². The molecule has 0 saturated heterocycles. The van der Waals surface area contributed by atoms with Crippen molar-refractivity contribution in [3.05, 3.63) is 46.8 Å². The van der Waals surface area contributed by atoms with E-state index in [0.29, 0.717) is 25.3 Å². The first-order chi connectivity index (χ1) is 14.2. The van der Waals surface area contributed by atoms with Crippen LogP contribution in [0.2, 0.25) is 0 Å². The summed E-state index contributed by atoms with van der Waals surface area (Å²) in [6, 6.07) is 6.87. The van der Waals surface area contributed by atoms with Gasteiger partial charge in [-0.15, -0.1) is 0 Å². The van der Waals surface area contributed by atoms with Crippen LogP contribution in [0.15, 0.2) is 24.3 Å². The van der Waals surface area contributed by atoms with Crippen LogP contribution in [0.5, 0.6) is 0 Å². The highest BCUT2D eigenvalue weighted by Gasteiger charge is 2.49. The lowest BCUT2D eigenvalue weighted by Gasteiger charge is -2.43. The van der Waals surface area contributed by atoms with Crippen LogP contribution in [-0.4, -0.2) is 58.5 Å². The normalized spacial score (nSPS) is 18.3. The van der Waals surface area contributed by atoms with Crippen LogP contribution in [-0.2, 0) is 16.1 Å². The summed E-state index contributed by atoms with van der Waals surface area (Å²) in [6.45, 7) is 6.42. The molecule has 0 saturated carbocycles. The van der Waals surface area contributed by atoms with Gasteiger partial charge in [-0.2, -0.15) is 5.10 Å². The molecule has 9 heteroatoms. The van der Waals surface area contributed by atoms with E-state index >= 15 is 0 Å². The Morgan fingerprint density at radius 2 is 2.03 bits per heavy atom. The number of carboxylic acid groups (broad SMARTS) is 1. The third-order valence-electron chi connectivity index (χ3n) is 5.27. The van der Waals surface area contributed by atoms with Crippen LogP contribution in [0.3, 0.4) is 0 Å². The number of hydrogen-bond acceptors (Lipinski definition) is 5. The summed E-state index contributed by atoms with van der Waals surface area (Å²) in [4.78, 5) is 39.5. The summed E-state index contributed by atoms with van der Waals surface area (Å²) < 4.78 is 6.32. The Hall–Kier alpha value is -3.20. The van der Waals surface area contributed by atoms with Crippen molar-refractivity contribution in [3.8, 4) is 0 Å². The second kappa shape index (κ2) is 8.27. The third kappa shape index (κ3) is 3.80. The van der Waals surface area contributed by atoms with E-state index in [1.807, 2.05) is 32.0 Å². The third-order valence-corrected chi connectivity index (χ3v) is 5.27. The predicted molar refractivity (Wildman–Crippen MR) is 110 cm³/mol. The summed E-state index contributed by atoms with van der Waals surface area (Å²) in [5.41, 5.74) is 1.09. The zero-order chi connectivity index (χ0) is 22.1. The molecule has 1 aliphatic rings. The molecule has 1 atom stereocenters. The maximum Gasteiger partial charge on any atom is 0.356 e. The maximum absolute atomic E-state index is 13.5. The Morgan fingerprint density at radius 1 is 1.30 bits per heavy atom. The van der Waals surface area contributed by atoms with E-state index in [4.69, 9.17) is 4.74 Å². The van der Waals surface area contributed by atoms with Gasteiger partial charge in [-0.05, 0) is 38.8 Å². The van der Waals surface area contributed by atoms with Gasteiger partial charge in [0.25, 0.3) is 5.91 Å². The molecule has 30 heavy (non-hydrogen) atoms. The fourth-order valence-electron chi connectivity index (χ4n) is 3.73. The molecule has 9 nitrogen and oxygen atoms in total. The zero-order valence-corrected chi connectivity index (χ0v) is 17.6. The number of fused-ring (bicyclic) bond motifs is 1. The molecular formula is C21H26N4O5. The number of ether oxygens (including phenoxy) is 1. The van der Waals surface area contributed by atoms with Gasteiger partial charge in [-0.25, -0.2) is 4.79 Å². The minimum Gasteiger partial charge on any atom is -0.476 e. The smallest absolute Gasteiger partial charge is 0.356 e. The number of methoxy groups -OCH3 is 1. The van der Waals surface area contributed by atoms with Crippen LogP contribution in [0.25, 0.3) is 0 Å². The molecule has 2 heterocycles. The van der Waals surface area contributed by atoms with Crippen molar-refractivity contribution in [3.63, 3.8) is 0 Å². The first kappa shape index (κ1) is 21.5. The van der Waals surface area contributed by atoms with E-state index in [1.54, 1.807) is 14.0 Å². The fraction of sp³-hybridized carbons (Fsp3) is 0.429. The van der Waals surface area contributed by atoms with Crippen LogP contribution in [0.1, 0.15) is 45.4 Å². The molecule has 2 aromatic rings. The molecular weight excluding hydrogens is 388 g/mol. The number of aryl methyl sites for hydroxylation is 2. The molecule has 1 aromatic carbocycles. The molecule has 1 aliphatic heterocycles. The number of anilines is 1. The highest BCUT2D eigenvalue weighted by atomic mass is 16.5. The summed E-state index contributed by atoms with van der Waals surface area (Å²) >= 11 is 0. The van der Waals surface area contributed by atoms with Gasteiger partial charge in [-0.1, -0.05) is 17.7 Å². The molecule has 160 valence electrons. The van der Waals surface area contributed by atoms with E-state index in [0.717, 1.165) is 11.1 Å². The maximum atomic E-state index is 13.5. The number of aromatic nitrogens is 2. The number of aromatic carboxylic acids is 1. The second-order valence-corrected chi connectivity index (χ2v) is 7.68. The standard InChI is InChI=1S/C21H26N4O5/c1-13-6-7-16(14(2)10-13)25-18(26)17-11-15(19(27)28)23-24(17)12-21(25,3)20(29)22-8-5-9-30-4/h6-7,10-11H,5,8-9,12H2,1-4H3,(H,22,29)(H,27,28). The van der Waals surface area contributed by atoms with E-state index in [1.165, 1.54) is 15.6 Å². The van der Waals surface area contributed by atoms with Gasteiger partial charge >= 0.3 is 5.97 Å². The fourth-order valence-corrected chi connectivity index (χ4v) is 3.73. The Bertz CT molecular complexity index is 999. The van der Waals surface area contributed by atoms with Crippen LogP contribution in [0, 0.1) is 13.8 Å². The van der Waals surface area contributed by atoms with Crippen molar-refractivity contribution >= 4 is 23.5 Å². The Kier molecular flexibility index (Phi) is 5.93. The molecule has 1 aromatic heterocycles. The molecule has 2 N–H and O–H groups in total. The molecule has 0 fully saturated rings. The predicted octanol–water partition coefficient (Wildman–Crippen LogP) is 1.77. The number of amides is 2. The van der Waals surface area contributed by atoms with E-state index in [-0.39, 0.29) is 23.8 Å². The van der Waals surface area contributed by atoms with Crippen LogP contribution < -0.4 is 10.2 Å². The largest absolute Gasteiger partial charge is 0.476 e. The molecule has 0 aliphatic carbocycles. The molecule has 0 radical (unpaired) electrons. The summed E-state index contributed by atoms with van der Waals surface area (Å²) in [5.74, 6) is -2.04. The van der Waals surface area contributed by atoms with Gasteiger partial charge in [0.2, 0.25) is 5.91 Å². The number of carboxylic acids is 1. The Morgan fingerprint density at radius 3 is 2.67 bits per heavy atom. The van der Waals surface area contributed by atoms with E-state index in [9.17, 15) is 19.5 Å². The van der Waals surface area contributed by atoms with Gasteiger partial charge in [-0.3, -0.25) is 19.2 Å². The number of carbonyl (C=O) groups is 3. The number of benzene rings is 1. The number of nitrogens with zero attached hydrogens (tertiary/aromatic N) is 3. The molecule has 0 spiro atoms. The van der Waals surface area contributed by atoms with Gasteiger partial charge in [0.1, 0.15) is 11.2 Å². The Labute approximate surface area is 174 Å². The van der Waals surface area contributed by atoms with Crippen molar-refractivity contribution in [2.24, 2.45) is 0 Å². The summed E-state index contributed by atoms with van der Waals surface area (Å²) in [5, 5.41) is 16.2. The van der Waals surface area contributed by atoms with Gasteiger partial charge in [0.05, 0.1) is 6.54 Å². The first-order valence-electron chi connectivity index (χ1n) is 9.69. The number of carbonyl (C=O) groups excluding carboxylic acids is 2. The Balaban J connectivity index is 2.07. The van der Waals surface area contributed by atoms with Crippen LogP contribution >= 0.6 is 0 Å². The minimum absolute atomic E-state index is 0.0325. The second-order valence-electron chi connectivity index (χ2n) is 7.68. The quantitative estimate of drug-likeness (QED) is 0.668. The zero-order valence-electron chi connectivity index (χ0n) is 17.6. The van der Waals surface area contributed by atoms with Crippen molar-refractivity contribution in [2.45, 2.75) is 39.3 Å². The van der Waals surface area contributed by atoms with Gasteiger partial charge in [0, 0.05) is 32.0 Å². The topological polar surface area (TPSA) is 114 Å². The lowest BCUT2D eigenvalue weighted by molar-refractivity contribution is -0.126. The molecule has 1 unspecified atom stereocenters. The molecule has 0 bridgehead atoms. The van der Waals surface area contributed by atoms with Crippen molar-refractivity contribution < 1.29 is 24.2 Å². The summed E-state index contributed by atoms with van der Waals surface area (Å²) in [7, 11) is 1.59. The van der Waals surface area contributed by atoms with Crippen molar-refractivity contribution in [1.82, 2.24) is 15.1 Å². The number of nitrogens with one attached hydrogen (secondary N) is 1.